The predicted octanol–water partition coefficient (Wildman–Crippen LogP) is 2.78. The van der Waals surface area contributed by atoms with Crippen LogP contribution < -0.4 is 10.5 Å². The molecule has 150 valence electrons. The van der Waals surface area contributed by atoms with Gasteiger partial charge in [-0.05, 0) is 19.4 Å². The number of nitro groups is 1. The fraction of sp³-hybridized carbons (Fsp3) is 0.158. The summed E-state index contributed by atoms with van der Waals surface area (Å²) in [6, 6.07) is 8.03. The minimum absolute atomic E-state index is 0.00636. The number of nitrogen functional groups attached to an aromatic ring is 1. The number of fused-ring (bicyclic) bond motifs is 2. The van der Waals surface area contributed by atoms with E-state index in [1.165, 1.54) is 16.8 Å². The molecular weight excluding hydrogens is 388 g/mol. The fourth-order valence-corrected chi connectivity index (χ4v) is 3.71. The van der Waals surface area contributed by atoms with E-state index in [1.807, 2.05) is 6.92 Å². The van der Waals surface area contributed by atoms with Gasteiger partial charge < -0.3 is 10.5 Å². The van der Waals surface area contributed by atoms with Crippen LogP contribution in [0, 0.1) is 24.0 Å². The van der Waals surface area contributed by atoms with Crippen molar-refractivity contribution < 1.29 is 9.66 Å². The molecule has 1 atom stereocenters. The van der Waals surface area contributed by atoms with Crippen LogP contribution in [0.5, 0.6) is 11.8 Å². The monoisotopic (exact) mass is 404 g/mol. The molecule has 0 aliphatic carbocycles. The maximum Gasteiger partial charge on any atom is 0.269 e. The first-order chi connectivity index (χ1) is 14.4. The van der Waals surface area contributed by atoms with Crippen LogP contribution in [0.2, 0.25) is 0 Å². The van der Waals surface area contributed by atoms with Gasteiger partial charge in [-0.1, -0.05) is 12.1 Å². The molecule has 4 aromatic rings. The lowest BCUT2D eigenvalue weighted by molar-refractivity contribution is -0.384. The van der Waals surface area contributed by atoms with Crippen LogP contribution in [0.25, 0.3) is 5.82 Å². The number of aromatic amines is 1. The highest BCUT2D eigenvalue weighted by atomic mass is 16.6. The highest BCUT2D eigenvalue weighted by molar-refractivity contribution is 5.61. The summed E-state index contributed by atoms with van der Waals surface area (Å²) in [6.07, 6.45) is 1.58. The van der Waals surface area contributed by atoms with Crippen LogP contribution in [0.4, 0.5) is 11.5 Å². The van der Waals surface area contributed by atoms with E-state index in [0.29, 0.717) is 34.8 Å². The molecule has 1 aromatic carbocycles. The van der Waals surface area contributed by atoms with E-state index < -0.39 is 4.92 Å². The van der Waals surface area contributed by atoms with Crippen LogP contribution in [-0.2, 0) is 0 Å². The minimum Gasteiger partial charge on any atom is -0.418 e. The zero-order chi connectivity index (χ0) is 21.0. The van der Waals surface area contributed by atoms with Gasteiger partial charge in [0.25, 0.3) is 5.69 Å². The quantitative estimate of drug-likeness (QED) is 0.344. The number of non-ortho nitro benzene ring substituents is 1. The Bertz CT molecular complexity index is 1290. The van der Waals surface area contributed by atoms with E-state index in [2.05, 4.69) is 25.3 Å². The highest BCUT2D eigenvalue weighted by Gasteiger charge is 2.37. The van der Waals surface area contributed by atoms with Crippen molar-refractivity contribution in [3.05, 3.63) is 74.9 Å². The summed E-state index contributed by atoms with van der Waals surface area (Å²) in [4.78, 5) is 19.7. The summed E-state index contributed by atoms with van der Waals surface area (Å²) >= 11 is 0. The molecule has 4 heterocycles. The van der Waals surface area contributed by atoms with Crippen molar-refractivity contribution in [3.8, 4) is 17.6 Å². The van der Waals surface area contributed by atoms with Gasteiger partial charge in [0.1, 0.15) is 11.6 Å². The number of hydrogen-bond acceptors (Lipinski definition) is 8. The number of aryl methyl sites for hydroxylation is 2. The zero-order valence-electron chi connectivity index (χ0n) is 16.0. The van der Waals surface area contributed by atoms with Crippen molar-refractivity contribution in [1.82, 2.24) is 29.9 Å². The summed E-state index contributed by atoms with van der Waals surface area (Å²) in [5, 5.41) is 22.6. The maximum atomic E-state index is 11.1. The number of nitrogens with two attached hydrogens (primary N) is 1. The van der Waals surface area contributed by atoms with Crippen molar-refractivity contribution in [2.45, 2.75) is 19.8 Å². The van der Waals surface area contributed by atoms with Crippen molar-refractivity contribution in [3.63, 3.8) is 0 Å². The summed E-state index contributed by atoms with van der Waals surface area (Å²) in [6.45, 7) is 3.63. The predicted molar refractivity (Wildman–Crippen MR) is 106 cm³/mol. The second-order valence-corrected chi connectivity index (χ2v) is 6.93. The molecule has 0 bridgehead atoms. The molecule has 0 radical (unpaired) electrons. The van der Waals surface area contributed by atoms with E-state index in [1.54, 1.807) is 31.3 Å². The summed E-state index contributed by atoms with van der Waals surface area (Å²) < 4.78 is 7.51. The molecule has 0 saturated carbocycles. The van der Waals surface area contributed by atoms with Gasteiger partial charge in [0.2, 0.25) is 11.8 Å². The first-order valence-corrected chi connectivity index (χ1v) is 9.09. The number of nitrogens with one attached hydrogen (secondary N) is 1. The molecular formula is C19H16N8O3. The molecule has 1 aliphatic heterocycles. The Morgan fingerprint density at radius 2 is 1.90 bits per heavy atom. The van der Waals surface area contributed by atoms with Gasteiger partial charge >= 0.3 is 0 Å². The van der Waals surface area contributed by atoms with Gasteiger partial charge in [0.15, 0.2) is 5.82 Å². The van der Waals surface area contributed by atoms with Crippen molar-refractivity contribution in [1.29, 1.82) is 0 Å². The Kier molecular flexibility index (Phi) is 3.78. The average molecular weight is 404 g/mol. The number of hydrogen-bond donors (Lipinski definition) is 2. The van der Waals surface area contributed by atoms with Crippen molar-refractivity contribution >= 4 is 11.5 Å². The van der Waals surface area contributed by atoms with Gasteiger partial charge in [0, 0.05) is 29.5 Å². The Hall–Kier alpha value is -4.28. The maximum absolute atomic E-state index is 11.1. The van der Waals surface area contributed by atoms with Crippen LogP contribution in [0.1, 0.15) is 34.1 Å². The number of benzene rings is 1. The SMILES string of the molecule is Cc1nc2c(c(-n3nccc3N)n1)C(c1ccc([N+](=O)[O-])cc1)c1c(n[nH]c1C)O2. The third-order valence-corrected chi connectivity index (χ3v) is 5.04. The number of H-pyrrole nitrogens is 1. The largest absolute Gasteiger partial charge is 0.418 e. The first kappa shape index (κ1) is 17.8. The van der Waals surface area contributed by atoms with Gasteiger partial charge in [-0.3, -0.25) is 15.2 Å². The Morgan fingerprint density at radius 3 is 2.57 bits per heavy atom. The fourth-order valence-electron chi connectivity index (χ4n) is 3.71. The van der Waals surface area contributed by atoms with E-state index in [-0.39, 0.29) is 11.6 Å². The second-order valence-electron chi connectivity index (χ2n) is 6.93. The first-order valence-electron chi connectivity index (χ1n) is 9.09. The van der Waals surface area contributed by atoms with Crippen molar-refractivity contribution in [2.75, 3.05) is 5.73 Å². The number of rotatable bonds is 3. The topological polar surface area (TPSA) is 151 Å². The van der Waals surface area contributed by atoms with Crippen LogP contribution >= 0.6 is 0 Å². The van der Waals surface area contributed by atoms with E-state index in [0.717, 1.165) is 16.8 Å². The molecule has 0 saturated heterocycles. The Balaban J connectivity index is 1.80. The third-order valence-electron chi connectivity index (χ3n) is 5.04. The highest BCUT2D eigenvalue weighted by Crippen LogP contribution is 2.48. The van der Waals surface area contributed by atoms with Crippen molar-refractivity contribution in [2.24, 2.45) is 0 Å². The normalized spacial score (nSPS) is 14.7. The second kappa shape index (κ2) is 6.37. The van der Waals surface area contributed by atoms with E-state index in [4.69, 9.17) is 10.5 Å². The third kappa shape index (κ3) is 2.59. The molecule has 30 heavy (non-hydrogen) atoms. The molecule has 0 amide bonds. The zero-order valence-corrected chi connectivity index (χ0v) is 16.0. The van der Waals surface area contributed by atoms with Crippen LogP contribution in [0.3, 0.4) is 0 Å². The number of nitro benzene ring substituents is 1. The Morgan fingerprint density at radius 1 is 1.13 bits per heavy atom. The van der Waals surface area contributed by atoms with E-state index in [9.17, 15) is 10.1 Å². The smallest absolute Gasteiger partial charge is 0.269 e. The molecule has 5 rings (SSSR count). The van der Waals surface area contributed by atoms with Gasteiger partial charge in [0.05, 0.1) is 22.6 Å². The molecule has 11 nitrogen and oxygen atoms in total. The lowest BCUT2D eigenvalue weighted by Crippen LogP contribution is -2.19. The molecule has 11 heteroatoms. The molecule has 3 N–H and O–H groups in total. The molecule has 3 aromatic heterocycles. The summed E-state index contributed by atoms with van der Waals surface area (Å²) in [5.41, 5.74) is 9.17. The molecule has 0 spiro atoms. The lowest BCUT2D eigenvalue weighted by Gasteiger charge is -2.27. The van der Waals surface area contributed by atoms with Gasteiger partial charge in [-0.2, -0.15) is 14.8 Å². The minimum atomic E-state index is -0.432. The number of aromatic nitrogens is 6. The van der Waals surface area contributed by atoms with Crippen LogP contribution in [-0.4, -0.2) is 34.9 Å². The number of anilines is 1. The lowest BCUT2D eigenvalue weighted by atomic mass is 9.84. The summed E-state index contributed by atoms with van der Waals surface area (Å²) in [5.74, 6) is 1.73. The standard InChI is InChI=1S/C19H16N8O3/c1-9-14-15(11-3-5-12(6-4-11)27(28)29)16-17(26-13(20)7-8-21-26)22-10(2)23-18(16)30-19(14)25-24-9/h3-8,15H,20H2,1-2H3,(H,24,25). The van der Waals surface area contributed by atoms with Gasteiger partial charge in [-0.15, -0.1) is 5.10 Å². The van der Waals surface area contributed by atoms with Gasteiger partial charge in [-0.25, -0.2) is 4.98 Å². The van der Waals surface area contributed by atoms with E-state index >= 15 is 0 Å². The molecule has 1 unspecified atom stereocenters. The number of ether oxygens (including phenoxy) is 1. The Labute approximate surface area is 169 Å². The molecule has 1 aliphatic rings. The average Bonchev–Trinajstić information content (AvgIpc) is 3.31. The molecule has 0 fully saturated rings. The number of nitrogens with zero attached hydrogens (tertiary/aromatic N) is 6. The van der Waals surface area contributed by atoms with Crippen LogP contribution in [0.15, 0.2) is 36.5 Å². The summed E-state index contributed by atoms with van der Waals surface area (Å²) in [7, 11) is 0.